The highest BCUT2D eigenvalue weighted by atomic mass is 16.5. The third-order valence-electron chi connectivity index (χ3n) is 3.13. The number of Topliss-reactive ketones (excluding diaryl/α,β-unsaturated/α-hetero) is 1. The van der Waals surface area contributed by atoms with Gasteiger partial charge in [0, 0.05) is 6.42 Å². The Morgan fingerprint density at radius 1 is 1.39 bits per heavy atom. The molecular formula is C15H23NO2. The molecule has 0 amide bonds. The average molecular weight is 249 g/mol. The first kappa shape index (κ1) is 14.7. The van der Waals surface area contributed by atoms with Crippen molar-refractivity contribution in [1.29, 1.82) is 0 Å². The van der Waals surface area contributed by atoms with Gasteiger partial charge in [-0.15, -0.1) is 0 Å². The van der Waals surface area contributed by atoms with Gasteiger partial charge < -0.3 is 10.5 Å². The zero-order valence-corrected chi connectivity index (χ0v) is 11.7. The van der Waals surface area contributed by atoms with Gasteiger partial charge in [-0.1, -0.05) is 32.9 Å². The fourth-order valence-electron chi connectivity index (χ4n) is 2.18. The summed E-state index contributed by atoms with van der Waals surface area (Å²) in [5, 5.41) is 0. The van der Waals surface area contributed by atoms with Crippen molar-refractivity contribution in [3.8, 4) is 5.75 Å². The van der Waals surface area contributed by atoms with Crippen LogP contribution >= 0.6 is 0 Å². The predicted molar refractivity (Wildman–Crippen MR) is 74.5 cm³/mol. The zero-order valence-electron chi connectivity index (χ0n) is 11.7. The quantitative estimate of drug-likeness (QED) is 0.789. The normalized spacial score (nSPS) is 10.8. The van der Waals surface area contributed by atoms with Gasteiger partial charge in [-0.25, -0.2) is 0 Å². The van der Waals surface area contributed by atoms with Crippen LogP contribution in [0.25, 0.3) is 0 Å². The van der Waals surface area contributed by atoms with E-state index in [2.05, 4.69) is 20.8 Å². The number of hydrogen-bond donors (Lipinski definition) is 1. The van der Waals surface area contributed by atoms with Gasteiger partial charge in [0.15, 0.2) is 5.78 Å². The first-order chi connectivity index (χ1) is 8.56. The van der Waals surface area contributed by atoms with E-state index in [4.69, 9.17) is 10.5 Å². The van der Waals surface area contributed by atoms with E-state index in [-0.39, 0.29) is 5.78 Å². The minimum absolute atomic E-state index is 0.0772. The van der Waals surface area contributed by atoms with Gasteiger partial charge in [0.2, 0.25) is 0 Å². The van der Waals surface area contributed by atoms with Gasteiger partial charge in [-0.3, -0.25) is 4.79 Å². The van der Waals surface area contributed by atoms with Gasteiger partial charge in [-0.05, 0) is 30.0 Å². The molecule has 18 heavy (non-hydrogen) atoms. The Kier molecular flexibility index (Phi) is 5.35. The molecule has 1 aromatic rings. The third kappa shape index (κ3) is 2.91. The molecule has 2 N–H and O–H groups in total. The second-order valence-corrected chi connectivity index (χ2v) is 4.69. The highest BCUT2D eigenvalue weighted by molar-refractivity contribution is 6.00. The van der Waals surface area contributed by atoms with Crippen LogP contribution in [0.5, 0.6) is 5.75 Å². The number of rotatable bonds is 6. The lowest BCUT2D eigenvalue weighted by molar-refractivity contribution is 0.0981. The Morgan fingerprint density at radius 3 is 2.50 bits per heavy atom. The highest BCUT2D eigenvalue weighted by Gasteiger charge is 2.20. The van der Waals surface area contributed by atoms with Crippen molar-refractivity contribution < 1.29 is 9.53 Å². The molecule has 3 nitrogen and oxygen atoms in total. The van der Waals surface area contributed by atoms with Crippen molar-refractivity contribution >= 4 is 5.78 Å². The molecule has 0 spiro atoms. The molecule has 0 aliphatic carbocycles. The van der Waals surface area contributed by atoms with Crippen LogP contribution in [-0.2, 0) is 6.42 Å². The first-order valence-corrected chi connectivity index (χ1v) is 6.49. The van der Waals surface area contributed by atoms with Gasteiger partial charge in [0.05, 0.1) is 12.7 Å². The van der Waals surface area contributed by atoms with Crippen LogP contribution in [0, 0.1) is 0 Å². The molecule has 0 fully saturated rings. The Bertz CT molecular complexity index is 425. The molecule has 0 saturated carbocycles. The van der Waals surface area contributed by atoms with E-state index in [9.17, 15) is 4.79 Å². The molecular weight excluding hydrogens is 226 g/mol. The van der Waals surface area contributed by atoms with E-state index >= 15 is 0 Å². The molecule has 0 aliphatic heterocycles. The Morgan fingerprint density at radius 2 is 2.06 bits per heavy atom. The van der Waals surface area contributed by atoms with Crippen LogP contribution in [0.3, 0.4) is 0 Å². The largest absolute Gasteiger partial charge is 0.496 e. The SMILES string of the molecule is CCc1ccc(C(C)C)c(C(=O)CCN)c1OC. The molecule has 100 valence electrons. The van der Waals surface area contributed by atoms with Gasteiger partial charge in [-0.2, -0.15) is 0 Å². The lowest BCUT2D eigenvalue weighted by atomic mass is 9.90. The van der Waals surface area contributed by atoms with Gasteiger partial charge in [0.25, 0.3) is 0 Å². The predicted octanol–water partition coefficient (Wildman–Crippen LogP) is 2.91. The number of ketones is 1. The number of carbonyl (C=O) groups excluding carboxylic acids is 1. The summed E-state index contributed by atoms with van der Waals surface area (Å²) >= 11 is 0. The maximum absolute atomic E-state index is 12.3. The summed E-state index contributed by atoms with van der Waals surface area (Å²) < 4.78 is 5.46. The lowest BCUT2D eigenvalue weighted by Crippen LogP contribution is -2.13. The maximum atomic E-state index is 12.3. The van der Waals surface area contributed by atoms with Gasteiger partial charge in [0.1, 0.15) is 5.75 Å². The number of ether oxygens (including phenoxy) is 1. The molecule has 0 heterocycles. The number of benzene rings is 1. The summed E-state index contributed by atoms with van der Waals surface area (Å²) in [6, 6.07) is 4.09. The fourth-order valence-corrected chi connectivity index (χ4v) is 2.18. The summed E-state index contributed by atoms with van der Waals surface area (Å²) in [7, 11) is 1.62. The molecule has 0 radical (unpaired) electrons. The van der Waals surface area contributed by atoms with E-state index in [0.29, 0.717) is 18.9 Å². The number of hydrogen-bond acceptors (Lipinski definition) is 3. The van der Waals surface area contributed by atoms with Crippen molar-refractivity contribution in [2.24, 2.45) is 5.73 Å². The van der Waals surface area contributed by atoms with Crippen LogP contribution in [0.4, 0.5) is 0 Å². The van der Waals surface area contributed by atoms with Crippen molar-refractivity contribution in [2.75, 3.05) is 13.7 Å². The molecule has 1 aromatic carbocycles. The highest BCUT2D eigenvalue weighted by Crippen LogP contribution is 2.32. The van der Waals surface area contributed by atoms with Crippen molar-refractivity contribution in [1.82, 2.24) is 0 Å². The molecule has 0 unspecified atom stereocenters. The second-order valence-electron chi connectivity index (χ2n) is 4.69. The summed E-state index contributed by atoms with van der Waals surface area (Å²) in [6.45, 7) is 6.60. The second kappa shape index (κ2) is 6.55. The standard InChI is InChI=1S/C15H23NO2/c1-5-11-6-7-12(10(2)3)14(15(11)18-4)13(17)8-9-16/h6-7,10H,5,8-9,16H2,1-4H3. The number of methoxy groups -OCH3 is 1. The number of carbonyl (C=O) groups is 1. The molecule has 0 aromatic heterocycles. The van der Waals surface area contributed by atoms with Crippen LogP contribution in [0.2, 0.25) is 0 Å². The Labute approximate surface area is 109 Å². The maximum Gasteiger partial charge on any atom is 0.168 e. The number of aryl methyl sites for hydroxylation is 1. The average Bonchev–Trinajstić information content (AvgIpc) is 2.36. The summed E-state index contributed by atoms with van der Waals surface area (Å²) in [6.07, 6.45) is 1.22. The molecule has 0 atom stereocenters. The molecule has 0 saturated heterocycles. The topological polar surface area (TPSA) is 52.3 Å². The van der Waals surface area contributed by atoms with Crippen molar-refractivity contribution in [3.63, 3.8) is 0 Å². The summed E-state index contributed by atoms with van der Waals surface area (Å²) in [5.41, 5.74) is 8.33. The fraction of sp³-hybridized carbons (Fsp3) is 0.533. The number of nitrogens with two attached hydrogens (primary N) is 1. The van der Waals surface area contributed by atoms with E-state index in [1.807, 2.05) is 12.1 Å². The molecule has 0 bridgehead atoms. The summed E-state index contributed by atoms with van der Waals surface area (Å²) in [5.74, 6) is 1.09. The molecule has 1 rings (SSSR count). The smallest absolute Gasteiger partial charge is 0.168 e. The van der Waals surface area contributed by atoms with E-state index in [0.717, 1.165) is 28.9 Å². The first-order valence-electron chi connectivity index (χ1n) is 6.49. The molecule has 0 aliphatic rings. The van der Waals surface area contributed by atoms with E-state index in [1.165, 1.54) is 0 Å². The van der Waals surface area contributed by atoms with Crippen LogP contribution in [-0.4, -0.2) is 19.4 Å². The van der Waals surface area contributed by atoms with E-state index < -0.39 is 0 Å². The third-order valence-corrected chi connectivity index (χ3v) is 3.13. The minimum atomic E-state index is 0.0772. The zero-order chi connectivity index (χ0) is 13.7. The van der Waals surface area contributed by atoms with Crippen molar-refractivity contribution in [2.45, 2.75) is 39.5 Å². The Balaban J connectivity index is 3.43. The molecule has 3 heteroatoms. The van der Waals surface area contributed by atoms with Crippen LogP contribution < -0.4 is 10.5 Å². The van der Waals surface area contributed by atoms with E-state index in [1.54, 1.807) is 7.11 Å². The lowest BCUT2D eigenvalue weighted by Gasteiger charge is -2.18. The Hall–Kier alpha value is -1.35. The monoisotopic (exact) mass is 249 g/mol. The van der Waals surface area contributed by atoms with Crippen molar-refractivity contribution in [3.05, 3.63) is 28.8 Å². The van der Waals surface area contributed by atoms with Crippen LogP contribution in [0.15, 0.2) is 12.1 Å². The van der Waals surface area contributed by atoms with Crippen LogP contribution in [0.1, 0.15) is 54.6 Å². The minimum Gasteiger partial charge on any atom is -0.496 e. The van der Waals surface area contributed by atoms with Gasteiger partial charge >= 0.3 is 0 Å². The summed E-state index contributed by atoms with van der Waals surface area (Å²) in [4.78, 5) is 12.3.